The molecular formula is C23H18F2N4O2. The molecule has 8 heteroatoms. The van der Waals surface area contributed by atoms with Crippen molar-refractivity contribution in [2.45, 2.75) is 25.3 Å². The Bertz CT molecular complexity index is 1190. The van der Waals surface area contributed by atoms with Gasteiger partial charge in [0.1, 0.15) is 11.6 Å². The molecule has 2 aliphatic rings. The maximum Gasteiger partial charge on any atom is 0.255 e. The summed E-state index contributed by atoms with van der Waals surface area (Å²) in [5, 5.41) is 5.52. The molecule has 1 aromatic heterocycles. The number of aromatic nitrogens is 2. The van der Waals surface area contributed by atoms with Crippen LogP contribution in [0.4, 0.5) is 8.78 Å². The van der Waals surface area contributed by atoms with Gasteiger partial charge >= 0.3 is 0 Å². The van der Waals surface area contributed by atoms with Crippen LogP contribution in [0.5, 0.6) is 0 Å². The first-order chi connectivity index (χ1) is 15.0. The second kappa shape index (κ2) is 7.54. The van der Waals surface area contributed by atoms with Gasteiger partial charge in [0.2, 0.25) is 5.91 Å². The van der Waals surface area contributed by atoms with Crippen molar-refractivity contribution >= 4 is 11.8 Å². The number of rotatable bonds is 4. The minimum absolute atomic E-state index is 0.0228. The molecule has 2 amide bonds. The fraction of sp³-hybridized carbons (Fsp3) is 0.217. The molecule has 3 heterocycles. The lowest BCUT2D eigenvalue weighted by molar-refractivity contribution is -0.120. The largest absolute Gasteiger partial charge is 0.356 e. The highest BCUT2D eigenvalue weighted by atomic mass is 19.1. The summed E-state index contributed by atoms with van der Waals surface area (Å²) in [4.78, 5) is 32.9. The predicted molar refractivity (Wildman–Crippen MR) is 108 cm³/mol. The molecule has 0 aliphatic carbocycles. The monoisotopic (exact) mass is 420 g/mol. The first-order valence-corrected chi connectivity index (χ1v) is 10.00. The molecule has 3 aromatic rings. The Morgan fingerprint density at radius 2 is 1.68 bits per heavy atom. The van der Waals surface area contributed by atoms with Crippen molar-refractivity contribution in [3.05, 3.63) is 82.2 Å². The Labute approximate surface area is 176 Å². The topological polar surface area (TPSA) is 84.0 Å². The van der Waals surface area contributed by atoms with E-state index in [-0.39, 0.29) is 35.7 Å². The summed E-state index contributed by atoms with van der Waals surface area (Å²) in [6.45, 7) is 0.852. The zero-order valence-electron chi connectivity index (χ0n) is 16.4. The second-order valence-corrected chi connectivity index (χ2v) is 7.65. The van der Waals surface area contributed by atoms with Crippen LogP contribution in [0, 0.1) is 11.6 Å². The quantitative estimate of drug-likeness (QED) is 0.680. The lowest BCUT2D eigenvalue weighted by atomic mass is 9.95. The minimum Gasteiger partial charge on any atom is -0.356 e. The fourth-order valence-corrected chi connectivity index (χ4v) is 4.13. The van der Waals surface area contributed by atoms with Crippen molar-refractivity contribution in [1.29, 1.82) is 0 Å². The molecule has 0 spiro atoms. The molecule has 31 heavy (non-hydrogen) atoms. The normalized spacial score (nSPS) is 17.4. The number of nitrogens with zero attached hydrogens (tertiary/aromatic N) is 2. The smallest absolute Gasteiger partial charge is 0.255 e. The lowest BCUT2D eigenvalue weighted by Gasteiger charge is -2.11. The molecule has 5 rings (SSSR count). The standard InChI is InChI=1S/C23H18F2N4O2/c24-15-2-1-3-16(25)19(15)21-28-17(20-18(29-21)11-27-23(20)31)10-12-4-6-13(7-5-12)14-8-9-26-22(14)30/h1-7,14H,8-11H2,(H,26,30)(H,27,31)/t14-/m1/s1. The molecule has 1 fully saturated rings. The summed E-state index contributed by atoms with van der Waals surface area (Å²) in [6, 6.07) is 11.1. The van der Waals surface area contributed by atoms with Gasteiger partial charge in [-0.05, 0) is 29.7 Å². The molecule has 156 valence electrons. The first-order valence-electron chi connectivity index (χ1n) is 10.00. The van der Waals surface area contributed by atoms with Crippen LogP contribution >= 0.6 is 0 Å². The van der Waals surface area contributed by atoms with Gasteiger partial charge < -0.3 is 10.6 Å². The molecule has 6 nitrogen and oxygen atoms in total. The molecule has 2 aromatic carbocycles. The predicted octanol–water partition coefficient (Wildman–Crippen LogP) is 2.86. The van der Waals surface area contributed by atoms with E-state index >= 15 is 0 Å². The molecule has 1 atom stereocenters. The van der Waals surface area contributed by atoms with Gasteiger partial charge in [-0.15, -0.1) is 0 Å². The van der Waals surface area contributed by atoms with Gasteiger partial charge in [-0.1, -0.05) is 30.3 Å². The molecule has 0 bridgehead atoms. The van der Waals surface area contributed by atoms with E-state index < -0.39 is 11.6 Å². The van der Waals surface area contributed by atoms with Crippen LogP contribution in [0.15, 0.2) is 42.5 Å². The number of hydrogen-bond acceptors (Lipinski definition) is 4. The summed E-state index contributed by atoms with van der Waals surface area (Å²) in [7, 11) is 0. The van der Waals surface area contributed by atoms with Gasteiger partial charge in [-0.2, -0.15) is 0 Å². The van der Waals surface area contributed by atoms with Gasteiger partial charge in [0, 0.05) is 13.0 Å². The Morgan fingerprint density at radius 1 is 0.935 bits per heavy atom. The van der Waals surface area contributed by atoms with Crippen molar-refractivity contribution < 1.29 is 18.4 Å². The van der Waals surface area contributed by atoms with Crippen molar-refractivity contribution in [2.24, 2.45) is 0 Å². The zero-order valence-corrected chi connectivity index (χ0v) is 16.4. The maximum absolute atomic E-state index is 14.3. The highest BCUT2D eigenvalue weighted by molar-refractivity contribution is 5.99. The molecule has 0 radical (unpaired) electrons. The number of halogens is 2. The summed E-state index contributed by atoms with van der Waals surface area (Å²) in [6.07, 6.45) is 1.05. The minimum atomic E-state index is -0.762. The average Bonchev–Trinajstić information content (AvgIpc) is 3.34. The van der Waals surface area contributed by atoms with Gasteiger partial charge in [0.25, 0.3) is 5.91 Å². The van der Waals surface area contributed by atoms with E-state index in [1.165, 1.54) is 6.07 Å². The fourth-order valence-electron chi connectivity index (χ4n) is 4.13. The number of amides is 2. The van der Waals surface area contributed by atoms with Gasteiger partial charge in [-0.25, -0.2) is 18.7 Å². The van der Waals surface area contributed by atoms with Gasteiger partial charge in [0.05, 0.1) is 35.0 Å². The van der Waals surface area contributed by atoms with E-state index in [1.54, 1.807) is 0 Å². The zero-order chi connectivity index (χ0) is 21.5. The van der Waals surface area contributed by atoms with Crippen LogP contribution in [0.2, 0.25) is 0 Å². The Hall–Kier alpha value is -3.68. The lowest BCUT2D eigenvalue weighted by Crippen LogP contribution is -2.17. The molecular weight excluding hydrogens is 402 g/mol. The number of fused-ring (bicyclic) bond motifs is 1. The average molecular weight is 420 g/mol. The number of hydrogen-bond donors (Lipinski definition) is 2. The van der Waals surface area contributed by atoms with Crippen LogP contribution in [0.1, 0.15) is 45.2 Å². The van der Waals surface area contributed by atoms with E-state index in [4.69, 9.17) is 0 Å². The Balaban J connectivity index is 1.52. The summed E-state index contributed by atoms with van der Waals surface area (Å²) in [5.41, 5.74) is 2.66. The van der Waals surface area contributed by atoms with Crippen molar-refractivity contribution in [1.82, 2.24) is 20.6 Å². The SMILES string of the molecule is O=C1NCc2nc(-c3c(F)cccc3F)nc(Cc3ccc([C@H]4CCNC4=O)cc3)c21. The third kappa shape index (κ3) is 3.43. The first kappa shape index (κ1) is 19.3. The highest BCUT2D eigenvalue weighted by Crippen LogP contribution is 2.28. The number of benzene rings is 2. The number of nitrogens with one attached hydrogen (secondary N) is 2. The Kier molecular flexibility index (Phi) is 4.69. The van der Waals surface area contributed by atoms with Gasteiger partial charge in [-0.3, -0.25) is 9.59 Å². The summed E-state index contributed by atoms with van der Waals surface area (Å²) < 4.78 is 28.6. The van der Waals surface area contributed by atoms with Crippen molar-refractivity contribution in [3.63, 3.8) is 0 Å². The van der Waals surface area contributed by atoms with Crippen molar-refractivity contribution in [2.75, 3.05) is 6.54 Å². The third-order valence-electron chi connectivity index (χ3n) is 5.69. The summed E-state index contributed by atoms with van der Waals surface area (Å²) in [5.74, 6) is -2.04. The van der Waals surface area contributed by atoms with Gasteiger partial charge in [0.15, 0.2) is 5.82 Å². The maximum atomic E-state index is 14.3. The second-order valence-electron chi connectivity index (χ2n) is 7.65. The number of carbonyl (C=O) groups excluding carboxylic acids is 2. The number of carbonyl (C=O) groups is 2. The molecule has 2 N–H and O–H groups in total. The van der Waals surface area contributed by atoms with E-state index in [0.29, 0.717) is 29.9 Å². The van der Waals surface area contributed by atoms with Crippen LogP contribution in [0.25, 0.3) is 11.4 Å². The molecule has 0 unspecified atom stereocenters. The molecule has 2 aliphatic heterocycles. The van der Waals surface area contributed by atoms with E-state index in [9.17, 15) is 18.4 Å². The van der Waals surface area contributed by atoms with E-state index in [1.807, 2.05) is 24.3 Å². The third-order valence-corrected chi connectivity index (χ3v) is 5.69. The van der Waals surface area contributed by atoms with E-state index in [2.05, 4.69) is 20.6 Å². The Morgan fingerprint density at radius 3 is 2.35 bits per heavy atom. The van der Waals surface area contributed by atoms with E-state index in [0.717, 1.165) is 29.7 Å². The van der Waals surface area contributed by atoms with Crippen molar-refractivity contribution in [3.8, 4) is 11.4 Å². The van der Waals surface area contributed by atoms with Crippen LogP contribution < -0.4 is 10.6 Å². The van der Waals surface area contributed by atoms with Crippen LogP contribution in [-0.2, 0) is 17.8 Å². The molecule has 1 saturated heterocycles. The van der Waals surface area contributed by atoms with Crippen LogP contribution in [0.3, 0.4) is 0 Å². The van der Waals surface area contributed by atoms with Crippen LogP contribution in [-0.4, -0.2) is 28.3 Å². The summed E-state index contributed by atoms with van der Waals surface area (Å²) >= 11 is 0. The highest BCUT2D eigenvalue weighted by Gasteiger charge is 2.28. The molecule has 0 saturated carbocycles.